The van der Waals surface area contributed by atoms with E-state index in [1.165, 1.54) is 66.2 Å². The Kier molecular flexibility index (Phi) is 22.0. The first-order valence-corrected chi connectivity index (χ1v) is 35.2. The molecular weight excluding hydrogens is 1510 g/mol. The van der Waals surface area contributed by atoms with Crippen LogP contribution in [-0.2, 0) is 45.4 Å². The maximum absolute atomic E-state index is 13.9. The second-order valence-corrected chi connectivity index (χ2v) is 27.0. The van der Waals surface area contributed by atoms with E-state index in [1.54, 1.807) is 117 Å². The molecule has 6 aromatic carbocycles. The molecule has 0 saturated carbocycles. The van der Waals surface area contributed by atoms with E-state index in [-0.39, 0.29) is 74.0 Å². The highest BCUT2D eigenvalue weighted by Crippen LogP contribution is 2.34. The minimum atomic E-state index is -1.78. The van der Waals surface area contributed by atoms with Crippen molar-refractivity contribution in [1.82, 2.24) is 72.1 Å². The first-order valence-electron chi connectivity index (χ1n) is 35.2. The van der Waals surface area contributed by atoms with Crippen molar-refractivity contribution in [2.45, 2.75) is 55.3 Å². The van der Waals surface area contributed by atoms with Crippen LogP contribution in [-0.4, -0.2) is 178 Å². The number of hydrogen-bond acceptors (Lipinski definition) is 18. The van der Waals surface area contributed by atoms with Gasteiger partial charge in [0.15, 0.2) is 0 Å². The summed E-state index contributed by atoms with van der Waals surface area (Å²) in [6.45, 7) is 2.31. The van der Waals surface area contributed by atoms with Gasteiger partial charge in [0, 0.05) is 84.2 Å². The topological polar surface area (TPSA) is 377 Å². The van der Waals surface area contributed by atoms with Crippen molar-refractivity contribution in [3.8, 4) is 70.4 Å². The number of hydrogen-bond donors (Lipinski definition) is 8. The number of urea groups is 4. The largest absolute Gasteiger partial charge is 0.497 e. The highest BCUT2D eigenvalue weighted by Gasteiger charge is 2.53. The van der Waals surface area contributed by atoms with Crippen LogP contribution in [0, 0.1) is 71.7 Å². The van der Waals surface area contributed by atoms with Gasteiger partial charge >= 0.3 is 24.1 Å². The Morgan fingerprint density at radius 1 is 0.379 bits per heavy atom. The van der Waals surface area contributed by atoms with Gasteiger partial charge in [0.25, 0.3) is 47.3 Å². The number of carbonyl (C=O) groups excluding carboxylic acids is 12. The van der Waals surface area contributed by atoms with E-state index in [2.05, 4.69) is 99.9 Å². The van der Waals surface area contributed by atoms with E-state index in [1.807, 2.05) is 12.1 Å². The number of ether oxygens (including phenoxy) is 4. The fraction of sp³-hybridized carbons (Fsp3) is 0.205. The predicted molar refractivity (Wildman–Crippen MR) is 402 cm³/mol. The number of pyridine rings is 2. The molecule has 8 aliphatic heterocycles. The summed E-state index contributed by atoms with van der Waals surface area (Å²) in [4.78, 5) is 163. The molecule has 33 heteroatoms. The molecule has 0 bridgehead atoms. The number of methoxy groups -OCH3 is 4. The van der Waals surface area contributed by atoms with Crippen LogP contribution in [0.5, 0.6) is 23.0 Å². The van der Waals surface area contributed by atoms with Crippen LogP contribution in [0.3, 0.4) is 0 Å². The third-order valence-corrected chi connectivity index (χ3v) is 19.4. The minimum Gasteiger partial charge on any atom is -0.497 e. The van der Waals surface area contributed by atoms with E-state index < -0.39 is 87.4 Å². The van der Waals surface area contributed by atoms with Crippen LogP contribution in [0.4, 0.5) is 32.3 Å². The van der Waals surface area contributed by atoms with Crippen molar-refractivity contribution in [3.05, 3.63) is 248 Å². The number of fused-ring (bicyclic) bond motifs is 4. The maximum Gasteiger partial charge on any atom is 0.323 e. The molecule has 8 aromatic rings. The lowest BCUT2D eigenvalue weighted by atomic mass is 9.99. The average molecular weight is 1570 g/mol. The summed E-state index contributed by atoms with van der Waals surface area (Å²) in [6.07, 6.45) is 4.81. The van der Waals surface area contributed by atoms with Crippen molar-refractivity contribution in [2.75, 3.05) is 54.6 Å². The molecule has 16 amide bonds. The van der Waals surface area contributed by atoms with Gasteiger partial charge in [-0.05, 0) is 126 Å². The lowest BCUT2D eigenvalue weighted by molar-refractivity contribution is -0.123. The van der Waals surface area contributed by atoms with Gasteiger partial charge in [-0.2, -0.15) is 0 Å². The summed E-state index contributed by atoms with van der Waals surface area (Å²) in [7, 11) is 6.05. The molecule has 0 aliphatic carbocycles. The highest BCUT2D eigenvalue weighted by molar-refractivity contribution is 6.13. The molecule has 8 N–H and O–H groups in total. The number of imide groups is 4. The van der Waals surface area contributed by atoms with E-state index in [0.717, 1.165) is 34.4 Å². The zero-order valence-electron chi connectivity index (χ0n) is 62.0. The lowest BCUT2D eigenvalue weighted by Crippen LogP contribution is -2.54. The van der Waals surface area contributed by atoms with Crippen molar-refractivity contribution in [1.29, 1.82) is 0 Å². The summed E-state index contributed by atoms with van der Waals surface area (Å²) in [5.41, 5.74) is 0.421. The normalized spacial score (nSPS) is 19.9. The number of carbonyl (C=O) groups is 12. The predicted octanol–water partition coefficient (Wildman–Crippen LogP) is 4.64. The Morgan fingerprint density at radius 3 is 1.03 bits per heavy atom. The fourth-order valence-corrected chi connectivity index (χ4v) is 13.4. The van der Waals surface area contributed by atoms with Crippen LogP contribution in [0.2, 0.25) is 0 Å². The Hall–Kier alpha value is -15.5. The number of nitrogens with one attached hydrogen (secondary N) is 8. The minimum absolute atomic E-state index is 0.0757. The number of amides is 16. The fourth-order valence-electron chi connectivity index (χ4n) is 13.4. The van der Waals surface area contributed by atoms with Crippen LogP contribution in [0.15, 0.2) is 158 Å². The van der Waals surface area contributed by atoms with E-state index in [0.29, 0.717) is 81.2 Å². The van der Waals surface area contributed by atoms with Crippen LogP contribution >= 0.6 is 0 Å². The summed E-state index contributed by atoms with van der Waals surface area (Å²) >= 11 is 0. The number of aryl methyl sites for hydroxylation is 1. The quantitative estimate of drug-likeness (QED) is 0.0610. The summed E-state index contributed by atoms with van der Waals surface area (Å²) in [5, 5.41) is 18.7. The third kappa shape index (κ3) is 16.3. The molecule has 2 aromatic heterocycles. The van der Waals surface area contributed by atoms with Crippen LogP contribution in [0.1, 0.15) is 91.6 Å². The van der Waals surface area contributed by atoms with Crippen molar-refractivity contribution in [2.24, 2.45) is 0 Å². The molecule has 0 radical (unpaired) electrons. The standard InChI is InChI=1S/C21H15F2N3O4.C21H16FN3O4.C21H18N4O4.C20H16N4O4/c1-30-15-5-3-13-10-26(18(27)16(13)9-15)11-21(19(28)24-20(29)25-21)7-6-12-2-4-14(22)8-17(12)23;1-29-15-7-6-14-11-25(18(26)16(14)10-15)12-21(19(27)23-20(28)24-21)9-8-13-4-2-3-5-17(13)22;1-13-14(4-3-9-22-13)7-8-21(19(27)23-20(28)24-21)12-25-11-15-5-6-16(29-2)10-17(15)18(25)26;1-28-15-5-4-14-11-24(17(25)16(14)9-15)12-20(18(26)22-19(27)23-20)7-6-13-3-2-8-21-10-13/h2-5,8-9H,10-11H2,1H3,(H2,24,25,28,29);2-7,10H,11-12H2,1H3,(H2,23,24,27,28);3-6,9-10H,11-12H2,1-2H3,(H2,23,24,27,28);2-5,8-10H,11-12H2,1H3,(H2,22,23,26,27)/t3*21-;20-/m1111/s1. The Morgan fingerprint density at radius 2 is 0.716 bits per heavy atom. The summed E-state index contributed by atoms with van der Waals surface area (Å²) < 4.78 is 61.6. The van der Waals surface area contributed by atoms with E-state index >= 15 is 0 Å². The first kappa shape index (κ1) is 78.6. The molecular formula is C83H65F3N14O16. The van der Waals surface area contributed by atoms with Gasteiger partial charge in [0.05, 0.1) is 71.4 Å². The van der Waals surface area contributed by atoms with Gasteiger partial charge in [-0.1, -0.05) is 83.8 Å². The molecule has 116 heavy (non-hydrogen) atoms. The van der Waals surface area contributed by atoms with Crippen LogP contribution < -0.4 is 61.5 Å². The van der Waals surface area contributed by atoms with E-state index in [9.17, 15) is 70.7 Å². The molecule has 8 aliphatic rings. The van der Waals surface area contributed by atoms with Gasteiger partial charge in [-0.15, -0.1) is 0 Å². The van der Waals surface area contributed by atoms with Crippen molar-refractivity contribution in [3.63, 3.8) is 0 Å². The van der Waals surface area contributed by atoms with Gasteiger partial charge in [0.1, 0.15) is 40.4 Å². The number of rotatable bonds is 12. The molecule has 4 fully saturated rings. The average Bonchev–Trinajstić information content (AvgIpc) is 1.63. The monoisotopic (exact) mass is 1570 g/mol. The van der Waals surface area contributed by atoms with Crippen LogP contribution in [0.25, 0.3) is 0 Å². The second kappa shape index (κ2) is 32.4. The molecule has 30 nitrogen and oxygen atoms in total. The first-order chi connectivity index (χ1) is 55.6. The van der Waals surface area contributed by atoms with E-state index in [4.69, 9.17) is 18.9 Å². The molecule has 0 unspecified atom stereocenters. The number of aromatic nitrogens is 2. The van der Waals surface area contributed by atoms with Crippen molar-refractivity contribution >= 4 is 71.4 Å². The molecule has 4 saturated heterocycles. The summed E-state index contributed by atoms with van der Waals surface area (Å²) in [5.74, 6) is 18.1. The SMILES string of the molecule is COc1ccc2c(c1)C(=O)N(C[C@@]1(C#Cc3ccc(F)cc3F)NC(=O)NC1=O)C2.COc1ccc2c(c1)C(=O)N(C[C@@]1(C#Cc3ccccc3F)NC(=O)NC1=O)C2.COc1ccc2c(c1)C(=O)N(C[C@@]1(C#Cc3cccnc3)NC(=O)NC1=O)C2.COc1ccc2c(c1)C(=O)N(C[C@@]1(C#Cc3cccnc3C)NC(=O)NC1=O)C2. The summed E-state index contributed by atoms with van der Waals surface area (Å²) in [6, 6.07) is 33.6. The highest BCUT2D eigenvalue weighted by atomic mass is 19.1. The smallest absolute Gasteiger partial charge is 0.323 e. The number of nitrogens with zero attached hydrogens (tertiary/aromatic N) is 6. The van der Waals surface area contributed by atoms with Gasteiger partial charge in [-0.25, -0.2) is 32.3 Å². The van der Waals surface area contributed by atoms with Crippen molar-refractivity contribution < 1.29 is 89.7 Å². The number of halogens is 3. The zero-order chi connectivity index (χ0) is 82.4. The Bertz CT molecular complexity index is 5630. The van der Waals surface area contributed by atoms with Gasteiger partial charge in [0.2, 0.25) is 22.2 Å². The molecule has 16 rings (SSSR count). The van der Waals surface area contributed by atoms with Gasteiger partial charge in [-0.3, -0.25) is 69.6 Å². The second-order valence-electron chi connectivity index (χ2n) is 27.0. The third-order valence-electron chi connectivity index (χ3n) is 19.4. The lowest BCUT2D eigenvalue weighted by Gasteiger charge is -2.26. The Balaban J connectivity index is 0.000000135. The van der Waals surface area contributed by atoms with Gasteiger partial charge < -0.3 is 59.8 Å². The number of benzene rings is 6. The molecule has 4 atom stereocenters. The molecule has 10 heterocycles. The maximum atomic E-state index is 13.9. The molecule has 584 valence electrons. The molecule has 0 spiro atoms. The zero-order valence-corrected chi connectivity index (χ0v) is 62.0. The Labute approximate surface area is 658 Å².